The molecule has 1 atom stereocenters. The fourth-order valence-electron chi connectivity index (χ4n) is 2.17. The van der Waals surface area contributed by atoms with Crippen LogP contribution in [0.25, 0.3) is 0 Å². The largest absolute Gasteiger partial charge is 0.396 e. The number of aromatic nitrogens is 1. The van der Waals surface area contributed by atoms with Crippen molar-refractivity contribution in [2.75, 3.05) is 50.5 Å². The average molecular weight is 313 g/mol. The normalized spacial score (nSPS) is 17.8. The van der Waals surface area contributed by atoms with Gasteiger partial charge in [0.05, 0.1) is 0 Å². The van der Waals surface area contributed by atoms with E-state index in [0.29, 0.717) is 11.3 Å². The SMILES string of the molecule is CC(CCO)NC(=O)c1sc(N2CCN(C)CC2)nc1N. The number of aliphatic hydroxyl groups is 1. The average Bonchev–Trinajstić information content (AvgIpc) is 2.82. The Bertz CT molecular complexity index is 485. The van der Waals surface area contributed by atoms with Gasteiger partial charge < -0.3 is 26.0 Å². The van der Waals surface area contributed by atoms with E-state index >= 15 is 0 Å². The van der Waals surface area contributed by atoms with Gasteiger partial charge in [-0.2, -0.15) is 0 Å². The molecule has 0 aromatic carbocycles. The van der Waals surface area contributed by atoms with Gasteiger partial charge in [-0.25, -0.2) is 4.98 Å². The lowest BCUT2D eigenvalue weighted by Crippen LogP contribution is -2.44. The monoisotopic (exact) mass is 313 g/mol. The smallest absolute Gasteiger partial charge is 0.265 e. The van der Waals surface area contributed by atoms with Crippen molar-refractivity contribution in [3.63, 3.8) is 0 Å². The van der Waals surface area contributed by atoms with Crippen molar-refractivity contribution < 1.29 is 9.90 Å². The molecular formula is C13H23N5O2S. The van der Waals surface area contributed by atoms with Crippen LogP contribution >= 0.6 is 11.3 Å². The summed E-state index contributed by atoms with van der Waals surface area (Å²) < 4.78 is 0. The summed E-state index contributed by atoms with van der Waals surface area (Å²) in [7, 11) is 2.09. The molecule has 0 radical (unpaired) electrons. The molecule has 0 bridgehead atoms. The van der Waals surface area contributed by atoms with Crippen molar-refractivity contribution in [2.45, 2.75) is 19.4 Å². The van der Waals surface area contributed by atoms with Crippen molar-refractivity contribution in [3.8, 4) is 0 Å². The molecule has 1 aromatic rings. The topological polar surface area (TPSA) is 94.7 Å². The Morgan fingerprint density at radius 3 is 2.76 bits per heavy atom. The number of hydrogen-bond donors (Lipinski definition) is 3. The van der Waals surface area contributed by atoms with Crippen LogP contribution < -0.4 is 16.0 Å². The van der Waals surface area contributed by atoms with E-state index in [4.69, 9.17) is 10.8 Å². The third kappa shape index (κ3) is 4.05. The first-order valence-electron chi connectivity index (χ1n) is 7.12. The second-order valence-corrected chi connectivity index (χ2v) is 6.37. The Labute approximate surface area is 128 Å². The molecular weight excluding hydrogens is 290 g/mol. The zero-order chi connectivity index (χ0) is 15.4. The van der Waals surface area contributed by atoms with Gasteiger partial charge in [0, 0.05) is 38.8 Å². The molecule has 4 N–H and O–H groups in total. The molecule has 1 saturated heterocycles. The molecule has 118 valence electrons. The van der Waals surface area contributed by atoms with Gasteiger partial charge in [0.1, 0.15) is 10.7 Å². The predicted molar refractivity (Wildman–Crippen MR) is 84.9 cm³/mol. The molecule has 1 unspecified atom stereocenters. The molecule has 1 aliphatic rings. The van der Waals surface area contributed by atoms with Crippen molar-refractivity contribution in [2.24, 2.45) is 0 Å². The van der Waals surface area contributed by atoms with Crippen LogP contribution in [0.5, 0.6) is 0 Å². The first-order chi connectivity index (χ1) is 10.0. The maximum absolute atomic E-state index is 12.2. The summed E-state index contributed by atoms with van der Waals surface area (Å²) in [6.45, 7) is 5.65. The van der Waals surface area contributed by atoms with Crippen LogP contribution in [0.1, 0.15) is 23.0 Å². The lowest BCUT2D eigenvalue weighted by Gasteiger charge is -2.31. The minimum Gasteiger partial charge on any atom is -0.396 e. The van der Waals surface area contributed by atoms with Crippen LogP contribution in [0, 0.1) is 0 Å². The number of nitrogens with one attached hydrogen (secondary N) is 1. The van der Waals surface area contributed by atoms with Crippen molar-refractivity contribution in [1.82, 2.24) is 15.2 Å². The van der Waals surface area contributed by atoms with E-state index in [2.05, 4.69) is 27.1 Å². The summed E-state index contributed by atoms with van der Waals surface area (Å²) in [6.07, 6.45) is 0.524. The fraction of sp³-hybridized carbons (Fsp3) is 0.692. The van der Waals surface area contributed by atoms with Gasteiger partial charge in [0.2, 0.25) is 0 Å². The van der Waals surface area contributed by atoms with Gasteiger partial charge >= 0.3 is 0 Å². The number of piperazine rings is 1. The molecule has 0 spiro atoms. The third-order valence-corrected chi connectivity index (χ3v) is 4.69. The number of nitrogens with zero attached hydrogens (tertiary/aromatic N) is 3. The first kappa shape index (κ1) is 16.0. The molecule has 21 heavy (non-hydrogen) atoms. The Hall–Kier alpha value is -1.38. The molecule has 0 saturated carbocycles. The minimum absolute atomic E-state index is 0.0478. The number of hydrogen-bond acceptors (Lipinski definition) is 7. The Kier molecular flexibility index (Phi) is 5.38. The van der Waals surface area contributed by atoms with E-state index in [-0.39, 0.29) is 24.4 Å². The number of anilines is 2. The van der Waals surface area contributed by atoms with E-state index in [1.807, 2.05) is 6.92 Å². The summed E-state index contributed by atoms with van der Waals surface area (Å²) in [6, 6.07) is -0.0870. The zero-order valence-electron chi connectivity index (χ0n) is 12.5. The maximum Gasteiger partial charge on any atom is 0.265 e. The van der Waals surface area contributed by atoms with Crippen LogP contribution in [0.3, 0.4) is 0 Å². The summed E-state index contributed by atoms with van der Waals surface area (Å²) in [4.78, 5) is 21.4. The van der Waals surface area contributed by atoms with Gasteiger partial charge in [-0.15, -0.1) is 0 Å². The van der Waals surface area contributed by atoms with E-state index in [1.54, 1.807) is 0 Å². The van der Waals surface area contributed by atoms with Gasteiger partial charge in [0.25, 0.3) is 5.91 Å². The number of carbonyl (C=O) groups excluding carboxylic acids is 1. The van der Waals surface area contributed by atoms with Crippen LogP contribution in [-0.2, 0) is 0 Å². The lowest BCUT2D eigenvalue weighted by atomic mass is 10.2. The molecule has 1 aromatic heterocycles. The van der Waals surface area contributed by atoms with Gasteiger partial charge in [0.15, 0.2) is 5.13 Å². The number of thiazole rings is 1. The number of likely N-dealkylation sites (N-methyl/N-ethyl adjacent to an activating group) is 1. The van der Waals surface area contributed by atoms with E-state index in [9.17, 15) is 4.79 Å². The number of carbonyl (C=O) groups is 1. The van der Waals surface area contributed by atoms with Gasteiger partial charge in [-0.1, -0.05) is 11.3 Å². The lowest BCUT2D eigenvalue weighted by molar-refractivity contribution is 0.0939. The highest BCUT2D eigenvalue weighted by molar-refractivity contribution is 7.18. The predicted octanol–water partition coefficient (Wildman–Crippen LogP) is -0.0222. The molecule has 0 aliphatic carbocycles. The Morgan fingerprint density at radius 1 is 1.48 bits per heavy atom. The van der Waals surface area contributed by atoms with Crippen molar-refractivity contribution >= 4 is 28.2 Å². The highest BCUT2D eigenvalue weighted by atomic mass is 32.1. The fourth-order valence-corrected chi connectivity index (χ4v) is 3.11. The van der Waals surface area contributed by atoms with Crippen LogP contribution in [0.4, 0.5) is 10.9 Å². The Morgan fingerprint density at radius 2 is 2.14 bits per heavy atom. The summed E-state index contributed by atoms with van der Waals surface area (Å²) in [5, 5.41) is 12.5. The van der Waals surface area contributed by atoms with Gasteiger partial charge in [-0.05, 0) is 20.4 Å². The van der Waals surface area contributed by atoms with Crippen molar-refractivity contribution in [1.29, 1.82) is 0 Å². The molecule has 1 aliphatic heterocycles. The van der Waals surface area contributed by atoms with E-state index in [0.717, 1.165) is 31.3 Å². The molecule has 1 fully saturated rings. The number of rotatable bonds is 5. The standard InChI is InChI=1S/C13H23N5O2S/c1-9(3-8-19)15-12(20)10-11(14)16-13(21-10)18-6-4-17(2)5-7-18/h9,19H,3-8,14H2,1-2H3,(H,15,20). The number of amides is 1. The van der Waals surface area contributed by atoms with Gasteiger partial charge in [-0.3, -0.25) is 4.79 Å². The number of aliphatic hydroxyl groups excluding tert-OH is 1. The summed E-state index contributed by atoms with van der Waals surface area (Å²) in [5.74, 6) is 0.0638. The van der Waals surface area contributed by atoms with E-state index < -0.39 is 0 Å². The third-order valence-electron chi connectivity index (χ3n) is 3.56. The molecule has 2 heterocycles. The maximum atomic E-state index is 12.2. The molecule has 8 heteroatoms. The van der Waals surface area contributed by atoms with E-state index in [1.165, 1.54) is 11.3 Å². The highest BCUT2D eigenvalue weighted by Crippen LogP contribution is 2.28. The second-order valence-electron chi connectivity index (χ2n) is 5.39. The molecule has 1 amide bonds. The number of nitrogens with two attached hydrogens (primary N) is 1. The molecule has 2 rings (SSSR count). The highest BCUT2D eigenvalue weighted by Gasteiger charge is 2.22. The van der Waals surface area contributed by atoms with Crippen LogP contribution in [0.2, 0.25) is 0 Å². The first-order valence-corrected chi connectivity index (χ1v) is 7.94. The van der Waals surface area contributed by atoms with Crippen LogP contribution in [-0.4, -0.2) is 66.8 Å². The number of nitrogen functional groups attached to an aromatic ring is 1. The van der Waals surface area contributed by atoms with Crippen LogP contribution in [0.15, 0.2) is 0 Å². The zero-order valence-corrected chi connectivity index (χ0v) is 13.3. The quantitative estimate of drug-likeness (QED) is 0.707. The Balaban J connectivity index is 2.03. The van der Waals surface area contributed by atoms with Crippen molar-refractivity contribution in [3.05, 3.63) is 4.88 Å². The summed E-state index contributed by atoms with van der Waals surface area (Å²) in [5.41, 5.74) is 5.88. The summed E-state index contributed by atoms with van der Waals surface area (Å²) >= 11 is 1.33. The minimum atomic E-state index is -0.216. The molecule has 7 nitrogen and oxygen atoms in total. The second kappa shape index (κ2) is 7.06.